The molecule has 2 aliphatic heterocycles. The number of hydrogen-bond donors (Lipinski definition) is 2. The maximum absolute atomic E-state index is 15.4. The number of carbonyl (C=O) groups excluding carboxylic acids is 1. The van der Waals surface area contributed by atoms with Crippen molar-refractivity contribution in [3.63, 3.8) is 0 Å². The van der Waals surface area contributed by atoms with E-state index in [2.05, 4.69) is 31.0 Å². The van der Waals surface area contributed by atoms with E-state index in [1.54, 1.807) is 25.0 Å². The monoisotopic (exact) mass is 540 g/mol. The van der Waals surface area contributed by atoms with E-state index in [1.807, 2.05) is 19.1 Å². The fourth-order valence-corrected chi connectivity index (χ4v) is 5.28. The molecule has 0 atom stereocenters. The third-order valence-electron chi connectivity index (χ3n) is 7.24. The summed E-state index contributed by atoms with van der Waals surface area (Å²) in [6.45, 7) is 14.7. The molecule has 2 N–H and O–H groups in total. The van der Waals surface area contributed by atoms with Crippen molar-refractivity contribution in [2.45, 2.75) is 53.0 Å². The first-order valence-corrected chi connectivity index (χ1v) is 13.8. The smallest absolute Gasteiger partial charge is 0.197 e. The number of ether oxygens (including phenoxy) is 3. The first kappa shape index (κ1) is 28.7. The number of piperazine rings is 1. The minimum atomic E-state index is -0.581. The number of carbonyl (C=O) groups is 1. The van der Waals surface area contributed by atoms with Gasteiger partial charge in [0.25, 0.3) is 0 Å². The summed E-state index contributed by atoms with van der Waals surface area (Å²) in [6, 6.07) is 5.63. The zero-order chi connectivity index (χ0) is 28.3. The largest absolute Gasteiger partial charge is 0.494 e. The van der Waals surface area contributed by atoms with Crippen LogP contribution in [0.4, 0.5) is 10.1 Å². The van der Waals surface area contributed by atoms with Gasteiger partial charge >= 0.3 is 0 Å². The molecule has 1 saturated heterocycles. The number of nitrogens with zero attached hydrogens (tertiary/aromatic N) is 2. The Morgan fingerprint density at radius 3 is 2.38 bits per heavy atom. The maximum atomic E-state index is 15.4. The van der Waals surface area contributed by atoms with E-state index >= 15 is 4.39 Å². The summed E-state index contributed by atoms with van der Waals surface area (Å²) in [5, 5.41) is 12.0. The van der Waals surface area contributed by atoms with Gasteiger partial charge in [-0.3, -0.25) is 10.2 Å². The summed E-state index contributed by atoms with van der Waals surface area (Å²) in [5.74, 6) is 0.647. The van der Waals surface area contributed by atoms with Gasteiger partial charge in [0.15, 0.2) is 23.1 Å². The van der Waals surface area contributed by atoms with Crippen LogP contribution in [0.15, 0.2) is 18.2 Å². The quantitative estimate of drug-likeness (QED) is 0.421. The average Bonchev–Trinajstić information content (AvgIpc) is 3.23. The Hall–Kier alpha value is -3.33. The molecule has 212 valence electrons. The second-order valence-corrected chi connectivity index (χ2v) is 10.9. The van der Waals surface area contributed by atoms with Crippen LogP contribution in [0.25, 0.3) is 0 Å². The van der Waals surface area contributed by atoms with E-state index in [1.165, 1.54) is 0 Å². The highest BCUT2D eigenvalue weighted by molar-refractivity contribution is 6.02. The van der Waals surface area contributed by atoms with E-state index in [0.717, 1.165) is 43.2 Å². The Labute approximate surface area is 230 Å². The summed E-state index contributed by atoms with van der Waals surface area (Å²) in [7, 11) is 1.68. The standard InChI is InChI=1S/C30H41FN4O4/c1-7-38-24-17-20-18-35(29(32)25(20)26(31)28(24)39-8-2)12-9-23(36)19-15-21(30(3,4)5)27(37-6)22(16-19)34-13-10-33-11-14-34/h15-17,32-33H,7-14,18H2,1-6H3. The van der Waals surface area contributed by atoms with Crippen molar-refractivity contribution in [2.75, 3.05) is 57.9 Å². The van der Waals surface area contributed by atoms with E-state index in [9.17, 15) is 4.79 Å². The summed E-state index contributed by atoms with van der Waals surface area (Å²) >= 11 is 0. The van der Waals surface area contributed by atoms with Gasteiger partial charge in [0.2, 0.25) is 0 Å². The van der Waals surface area contributed by atoms with Crippen molar-refractivity contribution in [1.29, 1.82) is 5.41 Å². The molecule has 0 radical (unpaired) electrons. The molecule has 39 heavy (non-hydrogen) atoms. The van der Waals surface area contributed by atoms with Crippen molar-refractivity contribution in [3.05, 3.63) is 46.3 Å². The lowest BCUT2D eigenvalue weighted by Gasteiger charge is -2.33. The molecule has 1 fully saturated rings. The van der Waals surface area contributed by atoms with Gasteiger partial charge in [0.05, 0.1) is 31.6 Å². The van der Waals surface area contributed by atoms with Crippen LogP contribution in [0, 0.1) is 11.2 Å². The van der Waals surface area contributed by atoms with Gasteiger partial charge in [0, 0.05) is 56.8 Å². The number of methoxy groups -OCH3 is 1. The number of ketones is 1. The summed E-state index contributed by atoms with van der Waals surface area (Å²) in [5.41, 5.74) is 3.20. The highest BCUT2D eigenvalue weighted by Crippen LogP contribution is 2.41. The summed E-state index contributed by atoms with van der Waals surface area (Å²) < 4.78 is 32.4. The van der Waals surface area contributed by atoms with Crippen molar-refractivity contribution >= 4 is 17.3 Å². The molecule has 2 aromatic rings. The van der Waals surface area contributed by atoms with E-state index < -0.39 is 5.82 Å². The number of amidine groups is 1. The first-order valence-electron chi connectivity index (χ1n) is 13.8. The molecule has 9 heteroatoms. The van der Waals surface area contributed by atoms with Crippen LogP contribution in [-0.2, 0) is 12.0 Å². The number of Topliss-reactive ketones (excluding diaryl/α,β-unsaturated/α-hetero) is 1. The lowest BCUT2D eigenvalue weighted by molar-refractivity contribution is 0.0974. The van der Waals surface area contributed by atoms with Crippen molar-refractivity contribution in [3.8, 4) is 17.2 Å². The lowest BCUT2D eigenvalue weighted by atomic mass is 9.84. The third kappa shape index (κ3) is 5.83. The molecule has 2 aliphatic rings. The Bertz CT molecular complexity index is 1230. The number of nitrogens with one attached hydrogen (secondary N) is 2. The zero-order valence-corrected chi connectivity index (χ0v) is 24.0. The number of anilines is 1. The molecule has 0 bridgehead atoms. The van der Waals surface area contributed by atoms with E-state index in [-0.39, 0.29) is 41.4 Å². The van der Waals surface area contributed by atoms with Gasteiger partial charge in [0.1, 0.15) is 11.6 Å². The van der Waals surface area contributed by atoms with Crippen LogP contribution in [0.5, 0.6) is 17.2 Å². The fraction of sp³-hybridized carbons (Fsp3) is 0.533. The van der Waals surface area contributed by atoms with Crippen LogP contribution < -0.4 is 24.4 Å². The number of halogens is 1. The van der Waals surface area contributed by atoms with Gasteiger partial charge in [-0.1, -0.05) is 20.8 Å². The second kappa shape index (κ2) is 11.8. The molecule has 0 unspecified atom stereocenters. The Kier molecular flexibility index (Phi) is 8.69. The third-order valence-corrected chi connectivity index (χ3v) is 7.24. The van der Waals surface area contributed by atoms with Crippen LogP contribution in [-0.4, -0.2) is 69.6 Å². The minimum absolute atomic E-state index is 0.0197. The Balaban J connectivity index is 1.58. The molecule has 2 heterocycles. The zero-order valence-electron chi connectivity index (χ0n) is 24.0. The number of benzene rings is 2. The van der Waals surface area contributed by atoms with Crippen molar-refractivity contribution in [1.82, 2.24) is 10.2 Å². The normalized spacial score (nSPS) is 15.4. The van der Waals surface area contributed by atoms with Crippen molar-refractivity contribution in [2.24, 2.45) is 0 Å². The van der Waals surface area contributed by atoms with Gasteiger partial charge in [-0.15, -0.1) is 0 Å². The highest BCUT2D eigenvalue weighted by atomic mass is 19.1. The maximum Gasteiger partial charge on any atom is 0.197 e. The second-order valence-electron chi connectivity index (χ2n) is 10.9. The highest BCUT2D eigenvalue weighted by Gasteiger charge is 2.33. The average molecular weight is 541 g/mol. The van der Waals surface area contributed by atoms with Crippen LogP contribution in [0.2, 0.25) is 0 Å². The summed E-state index contributed by atoms with van der Waals surface area (Å²) in [6.07, 6.45) is 0.200. The number of rotatable bonds is 10. The summed E-state index contributed by atoms with van der Waals surface area (Å²) in [4.78, 5) is 17.6. The van der Waals surface area contributed by atoms with Gasteiger partial charge in [-0.2, -0.15) is 0 Å². The molecule has 0 spiro atoms. The van der Waals surface area contributed by atoms with Gasteiger partial charge < -0.3 is 29.3 Å². The predicted molar refractivity (Wildman–Crippen MR) is 152 cm³/mol. The molecular weight excluding hydrogens is 499 g/mol. The SMILES string of the molecule is CCOc1cc2c(c(F)c1OCC)C(=N)N(CCC(=O)c1cc(N3CCNCC3)c(OC)c(C(C)(C)C)c1)C2. The molecule has 0 amide bonds. The fourth-order valence-electron chi connectivity index (χ4n) is 5.28. The minimum Gasteiger partial charge on any atom is -0.494 e. The van der Waals surface area contributed by atoms with Gasteiger partial charge in [-0.05, 0) is 43.0 Å². The number of fused-ring (bicyclic) bond motifs is 1. The van der Waals surface area contributed by atoms with Crippen LogP contribution in [0.1, 0.15) is 68.1 Å². The first-order chi connectivity index (χ1) is 18.6. The van der Waals surface area contributed by atoms with Crippen LogP contribution in [0.3, 0.4) is 0 Å². The number of hydrogen-bond acceptors (Lipinski definition) is 7. The lowest BCUT2D eigenvalue weighted by Crippen LogP contribution is -2.43. The van der Waals surface area contributed by atoms with Crippen LogP contribution >= 0.6 is 0 Å². The van der Waals surface area contributed by atoms with E-state index in [4.69, 9.17) is 19.6 Å². The predicted octanol–water partition coefficient (Wildman–Crippen LogP) is 4.75. The van der Waals surface area contributed by atoms with Gasteiger partial charge in [-0.25, -0.2) is 4.39 Å². The van der Waals surface area contributed by atoms with E-state index in [0.29, 0.717) is 36.6 Å². The molecule has 8 nitrogen and oxygen atoms in total. The molecule has 4 rings (SSSR count). The molecule has 0 saturated carbocycles. The topological polar surface area (TPSA) is 87.1 Å². The molecular formula is C30H41FN4O4. The molecule has 0 aliphatic carbocycles. The Morgan fingerprint density at radius 2 is 1.77 bits per heavy atom. The molecule has 0 aromatic heterocycles. The van der Waals surface area contributed by atoms with Crippen molar-refractivity contribution < 1.29 is 23.4 Å². The molecule has 2 aromatic carbocycles. The Morgan fingerprint density at radius 1 is 1.08 bits per heavy atom.